The van der Waals surface area contributed by atoms with Crippen LogP contribution in [0, 0.1) is 0 Å². The molecule has 0 heterocycles. The fraction of sp³-hybridized carbons (Fsp3) is 0.300. The number of anilines is 1. The third-order valence-electron chi connectivity index (χ3n) is 3.78. The maximum Gasteiger partial charge on any atom is 0.238 e. The number of halogens is 1. The van der Waals surface area contributed by atoms with Crippen LogP contribution in [0.25, 0.3) is 0 Å². The number of nitrogens with zero attached hydrogens (tertiary/aromatic N) is 1. The van der Waals surface area contributed by atoms with E-state index in [-0.39, 0.29) is 18.2 Å². The quantitative estimate of drug-likeness (QED) is 0.524. The standard InChI is InChI=1S/C20H24ClN3O2/c1-24(2)12-6-11-22-14-19(25)23-18-10-9-16(21)13-17(18)20(26)15-7-4-3-5-8-15/h3-5,7-10,13,22H,6,11-12,14H2,1-2H3,(H,23,25). The van der Waals surface area contributed by atoms with Crippen LogP contribution in [0.4, 0.5) is 5.69 Å². The van der Waals surface area contributed by atoms with Crippen LogP contribution in [0.15, 0.2) is 48.5 Å². The van der Waals surface area contributed by atoms with Gasteiger partial charge in [0.15, 0.2) is 5.78 Å². The number of carbonyl (C=O) groups is 2. The first kappa shape index (κ1) is 20.1. The van der Waals surface area contributed by atoms with Gasteiger partial charge in [0, 0.05) is 16.1 Å². The van der Waals surface area contributed by atoms with E-state index in [0.29, 0.717) is 21.8 Å². The normalized spacial score (nSPS) is 10.8. The van der Waals surface area contributed by atoms with Gasteiger partial charge in [-0.25, -0.2) is 0 Å². The van der Waals surface area contributed by atoms with Crippen molar-refractivity contribution < 1.29 is 9.59 Å². The van der Waals surface area contributed by atoms with E-state index in [9.17, 15) is 9.59 Å². The Balaban J connectivity index is 2.01. The summed E-state index contributed by atoms with van der Waals surface area (Å²) < 4.78 is 0. The van der Waals surface area contributed by atoms with E-state index >= 15 is 0 Å². The van der Waals surface area contributed by atoms with Crippen LogP contribution in [-0.2, 0) is 4.79 Å². The molecule has 0 saturated carbocycles. The van der Waals surface area contributed by atoms with Gasteiger partial charge in [0.25, 0.3) is 0 Å². The number of carbonyl (C=O) groups excluding carboxylic acids is 2. The van der Waals surface area contributed by atoms with E-state index in [1.165, 1.54) is 0 Å². The summed E-state index contributed by atoms with van der Waals surface area (Å²) in [5.74, 6) is -0.373. The summed E-state index contributed by atoms with van der Waals surface area (Å²) in [5, 5.41) is 6.35. The smallest absolute Gasteiger partial charge is 0.238 e. The van der Waals surface area contributed by atoms with Crippen molar-refractivity contribution in [2.75, 3.05) is 39.0 Å². The van der Waals surface area contributed by atoms with Gasteiger partial charge in [-0.05, 0) is 51.8 Å². The molecule has 0 aliphatic rings. The van der Waals surface area contributed by atoms with Gasteiger partial charge in [0.05, 0.1) is 12.2 Å². The van der Waals surface area contributed by atoms with Gasteiger partial charge in [-0.15, -0.1) is 0 Å². The highest BCUT2D eigenvalue weighted by Gasteiger charge is 2.15. The van der Waals surface area contributed by atoms with Crippen LogP contribution < -0.4 is 10.6 Å². The van der Waals surface area contributed by atoms with Crippen molar-refractivity contribution in [1.82, 2.24) is 10.2 Å². The highest BCUT2D eigenvalue weighted by atomic mass is 35.5. The molecule has 0 unspecified atom stereocenters. The summed E-state index contributed by atoms with van der Waals surface area (Å²) >= 11 is 6.05. The minimum Gasteiger partial charge on any atom is -0.324 e. The Morgan fingerprint density at radius 2 is 1.81 bits per heavy atom. The molecule has 0 fully saturated rings. The predicted octanol–water partition coefficient (Wildman–Crippen LogP) is 3.05. The Labute approximate surface area is 159 Å². The average molecular weight is 374 g/mol. The van der Waals surface area contributed by atoms with Crippen LogP contribution in [0.3, 0.4) is 0 Å². The molecule has 6 heteroatoms. The first-order valence-corrected chi connectivity index (χ1v) is 8.90. The lowest BCUT2D eigenvalue weighted by Gasteiger charge is -2.12. The van der Waals surface area contributed by atoms with E-state index in [4.69, 9.17) is 11.6 Å². The summed E-state index contributed by atoms with van der Waals surface area (Å²) in [4.78, 5) is 27.0. The largest absolute Gasteiger partial charge is 0.324 e. The summed E-state index contributed by atoms with van der Waals surface area (Å²) in [6, 6.07) is 13.8. The molecular formula is C20H24ClN3O2. The maximum absolute atomic E-state index is 12.7. The zero-order chi connectivity index (χ0) is 18.9. The Morgan fingerprint density at radius 1 is 1.08 bits per heavy atom. The number of benzene rings is 2. The highest BCUT2D eigenvalue weighted by Crippen LogP contribution is 2.23. The second-order valence-corrected chi connectivity index (χ2v) is 6.70. The summed E-state index contributed by atoms with van der Waals surface area (Å²) in [5.41, 5.74) is 1.39. The van der Waals surface area contributed by atoms with Crippen LogP contribution in [0.2, 0.25) is 5.02 Å². The Morgan fingerprint density at radius 3 is 2.50 bits per heavy atom. The molecule has 2 rings (SSSR count). The van der Waals surface area contributed by atoms with Gasteiger partial charge in [-0.1, -0.05) is 41.9 Å². The van der Waals surface area contributed by atoms with Crippen molar-refractivity contribution in [1.29, 1.82) is 0 Å². The fourth-order valence-electron chi connectivity index (χ4n) is 2.47. The molecule has 26 heavy (non-hydrogen) atoms. The molecule has 138 valence electrons. The van der Waals surface area contributed by atoms with Crippen LogP contribution in [-0.4, -0.2) is 50.3 Å². The molecular weight excluding hydrogens is 350 g/mol. The number of nitrogens with one attached hydrogen (secondary N) is 2. The minimum absolute atomic E-state index is 0.178. The average Bonchev–Trinajstić information content (AvgIpc) is 2.63. The molecule has 0 aliphatic carbocycles. The number of ketones is 1. The van der Waals surface area contributed by atoms with E-state index in [2.05, 4.69) is 15.5 Å². The van der Waals surface area contributed by atoms with E-state index < -0.39 is 0 Å². The second kappa shape index (κ2) is 10.1. The second-order valence-electron chi connectivity index (χ2n) is 6.27. The minimum atomic E-state index is -0.195. The van der Waals surface area contributed by atoms with E-state index in [1.807, 2.05) is 20.2 Å². The van der Waals surface area contributed by atoms with Gasteiger partial charge in [0.2, 0.25) is 5.91 Å². The number of rotatable bonds is 9. The fourth-order valence-corrected chi connectivity index (χ4v) is 2.65. The van der Waals surface area contributed by atoms with Crippen molar-refractivity contribution >= 4 is 29.0 Å². The molecule has 2 aromatic carbocycles. The van der Waals surface area contributed by atoms with Crippen molar-refractivity contribution in [2.24, 2.45) is 0 Å². The van der Waals surface area contributed by atoms with Gasteiger partial charge in [-0.3, -0.25) is 9.59 Å². The molecule has 0 saturated heterocycles. The molecule has 1 amide bonds. The molecule has 0 aliphatic heterocycles. The van der Waals surface area contributed by atoms with Crippen molar-refractivity contribution in [3.8, 4) is 0 Å². The van der Waals surface area contributed by atoms with Gasteiger partial charge < -0.3 is 15.5 Å². The SMILES string of the molecule is CN(C)CCCNCC(=O)Nc1ccc(Cl)cc1C(=O)c1ccccc1. The molecule has 0 aromatic heterocycles. The third kappa shape index (κ3) is 6.26. The van der Waals surface area contributed by atoms with Gasteiger partial charge in [-0.2, -0.15) is 0 Å². The van der Waals surface area contributed by atoms with E-state index in [0.717, 1.165) is 19.5 Å². The Hall–Kier alpha value is -2.21. The van der Waals surface area contributed by atoms with Crippen molar-refractivity contribution in [3.63, 3.8) is 0 Å². The molecule has 5 nitrogen and oxygen atoms in total. The first-order valence-electron chi connectivity index (χ1n) is 8.52. The monoisotopic (exact) mass is 373 g/mol. The number of amides is 1. The van der Waals surface area contributed by atoms with Crippen LogP contribution >= 0.6 is 11.6 Å². The maximum atomic E-state index is 12.7. The lowest BCUT2D eigenvalue weighted by molar-refractivity contribution is -0.115. The van der Waals surface area contributed by atoms with Crippen molar-refractivity contribution in [2.45, 2.75) is 6.42 Å². The predicted molar refractivity (Wildman–Crippen MR) is 106 cm³/mol. The Bertz CT molecular complexity index is 748. The molecule has 0 bridgehead atoms. The van der Waals surface area contributed by atoms with E-state index in [1.54, 1.807) is 42.5 Å². The zero-order valence-corrected chi connectivity index (χ0v) is 15.8. The molecule has 0 atom stereocenters. The number of hydrogen-bond acceptors (Lipinski definition) is 4. The summed E-state index contributed by atoms with van der Waals surface area (Å²) in [6.07, 6.45) is 0.957. The highest BCUT2D eigenvalue weighted by molar-refractivity contribution is 6.31. The first-order chi connectivity index (χ1) is 12.5. The molecule has 2 aromatic rings. The van der Waals surface area contributed by atoms with Crippen molar-refractivity contribution in [3.05, 3.63) is 64.7 Å². The van der Waals surface area contributed by atoms with Gasteiger partial charge in [0.1, 0.15) is 0 Å². The zero-order valence-electron chi connectivity index (χ0n) is 15.1. The summed E-state index contributed by atoms with van der Waals surface area (Å²) in [7, 11) is 4.02. The summed E-state index contributed by atoms with van der Waals surface area (Å²) in [6.45, 7) is 1.90. The lowest BCUT2D eigenvalue weighted by Crippen LogP contribution is -2.30. The number of hydrogen-bond donors (Lipinski definition) is 2. The van der Waals surface area contributed by atoms with Crippen LogP contribution in [0.1, 0.15) is 22.3 Å². The van der Waals surface area contributed by atoms with Gasteiger partial charge >= 0.3 is 0 Å². The molecule has 2 N–H and O–H groups in total. The molecule has 0 radical (unpaired) electrons. The lowest BCUT2D eigenvalue weighted by atomic mass is 10.0. The third-order valence-corrected chi connectivity index (χ3v) is 4.02. The topological polar surface area (TPSA) is 61.4 Å². The molecule has 0 spiro atoms. The Kier molecular flexibility index (Phi) is 7.78. The van der Waals surface area contributed by atoms with Crippen LogP contribution in [0.5, 0.6) is 0 Å².